The third-order valence-corrected chi connectivity index (χ3v) is 5.72. The molecule has 1 aliphatic heterocycles. The van der Waals surface area contributed by atoms with Gasteiger partial charge in [-0.05, 0) is 36.2 Å². The number of nitrogens with zero attached hydrogens (tertiary/aromatic N) is 2. The lowest BCUT2D eigenvalue weighted by Gasteiger charge is -2.22. The van der Waals surface area contributed by atoms with Gasteiger partial charge in [-0.15, -0.1) is 0 Å². The molecule has 0 saturated heterocycles. The van der Waals surface area contributed by atoms with E-state index in [1.54, 1.807) is 26.2 Å². The Morgan fingerprint density at radius 1 is 1.17 bits per heavy atom. The summed E-state index contributed by atoms with van der Waals surface area (Å²) >= 11 is 0. The first-order valence-electron chi connectivity index (χ1n) is 11.0. The molecule has 35 heavy (non-hydrogen) atoms. The molecule has 3 aromatic rings. The van der Waals surface area contributed by atoms with Crippen molar-refractivity contribution in [2.24, 2.45) is 7.05 Å². The van der Waals surface area contributed by atoms with Crippen molar-refractivity contribution in [3.63, 3.8) is 0 Å². The minimum atomic E-state index is -0.584. The van der Waals surface area contributed by atoms with Crippen LogP contribution in [0.2, 0.25) is 0 Å². The molecular formula is C24H27N5O6. The number of aromatic hydroxyl groups is 1. The van der Waals surface area contributed by atoms with Gasteiger partial charge in [0.25, 0.3) is 17.0 Å². The summed E-state index contributed by atoms with van der Waals surface area (Å²) in [6.07, 6.45) is 0.590. The van der Waals surface area contributed by atoms with E-state index in [4.69, 9.17) is 9.47 Å². The topological polar surface area (TPSA) is 138 Å². The van der Waals surface area contributed by atoms with Gasteiger partial charge in [0.05, 0.1) is 17.3 Å². The second kappa shape index (κ2) is 9.45. The molecule has 0 spiro atoms. The third kappa shape index (κ3) is 4.52. The maximum absolute atomic E-state index is 13.1. The van der Waals surface area contributed by atoms with Gasteiger partial charge in [-0.2, -0.15) is 0 Å². The lowest BCUT2D eigenvalue weighted by atomic mass is 10.0. The normalized spacial score (nSPS) is 12.8. The van der Waals surface area contributed by atoms with Crippen LogP contribution < -0.4 is 31.2 Å². The highest BCUT2D eigenvalue weighted by Gasteiger charge is 2.23. The van der Waals surface area contributed by atoms with Crippen LogP contribution in [0.4, 0.5) is 17.1 Å². The molecular weight excluding hydrogens is 454 g/mol. The summed E-state index contributed by atoms with van der Waals surface area (Å²) in [5.41, 5.74) is -0.129. The Balaban J connectivity index is 1.75. The van der Waals surface area contributed by atoms with E-state index < -0.39 is 17.0 Å². The molecule has 11 heteroatoms. The molecule has 11 nitrogen and oxygen atoms in total. The van der Waals surface area contributed by atoms with Gasteiger partial charge >= 0.3 is 0 Å². The number of hydrogen-bond acceptors (Lipinski definition) is 8. The average molecular weight is 482 g/mol. The third-order valence-electron chi connectivity index (χ3n) is 5.72. The lowest BCUT2D eigenvalue weighted by molar-refractivity contribution is 0.0824. The molecule has 1 atom stereocenters. The van der Waals surface area contributed by atoms with E-state index in [0.717, 1.165) is 10.2 Å². The Labute approximate surface area is 200 Å². The van der Waals surface area contributed by atoms with Crippen LogP contribution in [0, 0.1) is 0 Å². The number of aromatic nitrogens is 2. The molecule has 0 aliphatic carbocycles. The fourth-order valence-electron chi connectivity index (χ4n) is 3.82. The maximum Gasteiger partial charge on any atom is 0.290 e. The number of phenols is 1. The number of aromatic amines is 1. The van der Waals surface area contributed by atoms with Crippen LogP contribution in [0.5, 0.6) is 17.2 Å². The highest BCUT2D eigenvalue weighted by Crippen LogP contribution is 2.36. The molecule has 184 valence electrons. The van der Waals surface area contributed by atoms with Crippen LogP contribution in [0.15, 0.2) is 46.0 Å². The van der Waals surface area contributed by atoms with Crippen molar-refractivity contribution in [3.05, 3.63) is 68.2 Å². The number of carbonyl (C=O) groups is 1. The second-order valence-corrected chi connectivity index (χ2v) is 8.30. The maximum atomic E-state index is 13.1. The minimum absolute atomic E-state index is 0.0181. The fraction of sp³-hybridized carbons (Fsp3) is 0.292. The van der Waals surface area contributed by atoms with E-state index in [1.807, 2.05) is 19.1 Å². The largest absolute Gasteiger partial charge is 0.505 e. The number of amides is 1. The zero-order valence-electron chi connectivity index (χ0n) is 19.8. The van der Waals surface area contributed by atoms with E-state index >= 15 is 0 Å². The summed E-state index contributed by atoms with van der Waals surface area (Å²) < 4.78 is 11.9. The highest BCUT2D eigenvalue weighted by molar-refractivity contribution is 5.98. The number of aryl methyl sites for hydroxylation is 1. The molecule has 1 amide bonds. The molecule has 0 bridgehead atoms. The van der Waals surface area contributed by atoms with Crippen molar-refractivity contribution in [1.82, 2.24) is 14.7 Å². The summed E-state index contributed by atoms with van der Waals surface area (Å²) in [7, 11) is 4.57. The highest BCUT2D eigenvalue weighted by atomic mass is 16.7. The number of benzene rings is 2. The summed E-state index contributed by atoms with van der Waals surface area (Å²) in [4.78, 5) is 39.7. The molecule has 0 fully saturated rings. The molecule has 4 N–H and O–H groups in total. The predicted molar refractivity (Wildman–Crippen MR) is 131 cm³/mol. The Morgan fingerprint density at radius 3 is 2.63 bits per heavy atom. The quantitative estimate of drug-likeness (QED) is 0.378. The van der Waals surface area contributed by atoms with E-state index in [9.17, 15) is 19.5 Å². The zero-order chi connectivity index (χ0) is 25.3. The van der Waals surface area contributed by atoms with Crippen molar-refractivity contribution in [3.8, 4) is 17.2 Å². The molecule has 2 heterocycles. The second-order valence-electron chi connectivity index (χ2n) is 8.30. The first-order valence-corrected chi connectivity index (χ1v) is 11.0. The van der Waals surface area contributed by atoms with Crippen molar-refractivity contribution < 1.29 is 19.4 Å². The van der Waals surface area contributed by atoms with Crippen molar-refractivity contribution in [2.75, 3.05) is 31.5 Å². The molecule has 2 aromatic carbocycles. The summed E-state index contributed by atoms with van der Waals surface area (Å²) in [6.45, 7) is 2.08. The van der Waals surface area contributed by atoms with E-state index in [0.29, 0.717) is 17.9 Å². The smallest absolute Gasteiger partial charge is 0.290 e. The SMILES string of the molecule is CC[C@@H](Nc1c(Nc2cccc(C(=O)N(C)C)c2O)c(=O)[nH]n(C)c1=O)c1ccc2c(c1)OCO2. The Morgan fingerprint density at radius 2 is 1.91 bits per heavy atom. The van der Waals surface area contributed by atoms with Gasteiger partial charge in [0.15, 0.2) is 17.2 Å². The molecule has 0 radical (unpaired) electrons. The van der Waals surface area contributed by atoms with Gasteiger partial charge in [-0.3, -0.25) is 24.2 Å². The standard InChI is InChI=1S/C24H27N5O6/c1-5-15(13-9-10-17-18(11-13)35-12-34-17)25-20-19(22(31)27-29(4)24(20)33)26-16-8-6-7-14(21(16)30)23(32)28(2)3/h6-11,15,25-26,30H,5,12H2,1-4H3,(H,27,31)/t15-/m1/s1. The van der Waals surface area contributed by atoms with E-state index in [-0.39, 0.29) is 41.2 Å². The van der Waals surface area contributed by atoms with Crippen LogP contribution in [-0.4, -0.2) is 46.6 Å². The number of fused-ring (bicyclic) bond motifs is 1. The zero-order valence-corrected chi connectivity index (χ0v) is 19.8. The van der Waals surface area contributed by atoms with Gasteiger partial charge in [-0.25, -0.2) is 0 Å². The number of carbonyl (C=O) groups excluding carboxylic acids is 1. The Hall–Kier alpha value is -4.41. The van der Waals surface area contributed by atoms with Crippen LogP contribution in [0.1, 0.15) is 35.3 Å². The van der Waals surface area contributed by atoms with Crippen molar-refractivity contribution in [2.45, 2.75) is 19.4 Å². The number of H-pyrrole nitrogens is 1. The molecule has 0 unspecified atom stereocenters. The van der Waals surface area contributed by atoms with Crippen LogP contribution in [0.25, 0.3) is 0 Å². The van der Waals surface area contributed by atoms with Crippen molar-refractivity contribution >= 4 is 23.0 Å². The Kier molecular flexibility index (Phi) is 6.41. The Bertz CT molecular complexity index is 1390. The summed E-state index contributed by atoms with van der Waals surface area (Å²) in [5.74, 6) is 0.504. The van der Waals surface area contributed by atoms with Gasteiger partial charge in [0.1, 0.15) is 11.4 Å². The van der Waals surface area contributed by atoms with Gasteiger partial charge in [-0.1, -0.05) is 19.1 Å². The van der Waals surface area contributed by atoms with Gasteiger partial charge < -0.3 is 30.1 Å². The van der Waals surface area contributed by atoms with Crippen LogP contribution in [0.3, 0.4) is 0 Å². The van der Waals surface area contributed by atoms with Gasteiger partial charge in [0, 0.05) is 21.1 Å². The summed E-state index contributed by atoms with van der Waals surface area (Å²) in [5, 5.41) is 19.2. The van der Waals surface area contributed by atoms with Gasteiger partial charge in [0.2, 0.25) is 6.79 Å². The number of ether oxygens (including phenoxy) is 2. The molecule has 4 rings (SSSR count). The van der Waals surface area contributed by atoms with Crippen molar-refractivity contribution in [1.29, 1.82) is 0 Å². The molecule has 1 aliphatic rings. The molecule has 1 aromatic heterocycles. The first-order chi connectivity index (χ1) is 16.7. The number of para-hydroxylation sites is 1. The number of nitrogens with one attached hydrogen (secondary N) is 3. The lowest BCUT2D eigenvalue weighted by Crippen LogP contribution is -2.32. The van der Waals surface area contributed by atoms with E-state index in [1.165, 1.54) is 24.1 Å². The first kappa shape index (κ1) is 23.7. The van der Waals surface area contributed by atoms with E-state index in [2.05, 4.69) is 15.7 Å². The van der Waals surface area contributed by atoms with Crippen LogP contribution in [-0.2, 0) is 7.05 Å². The number of rotatable bonds is 7. The average Bonchev–Trinajstić information content (AvgIpc) is 3.31. The molecule has 0 saturated carbocycles. The minimum Gasteiger partial charge on any atom is -0.505 e. The number of phenolic OH excluding ortho intramolecular Hbond substituents is 1. The predicted octanol–water partition coefficient (Wildman–Crippen LogP) is 2.52. The summed E-state index contributed by atoms with van der Waals surface area (Å²) in [6, 6.07) is 9.71. The van der Waals surface area contributed by atoms with Crippen LogP contribution >= 0.6 is 0 Å². The monoisotopic (exact) mass is 481 g/mol. The number of hydrogen-bond donors (Lipinski definition) is 4. The fourth-order valence-corrected chi connectivity index (χ4v) is 3.82. The number of anilines is 3.